The van der Waals surface area contributed by atoms with Gasteiger partial charge in [0.2, 0.25) is 0 Å². The number of aromatic nitrogens is 1. The zero-order chi connectivity index (χ0) is 14.8. The first-order valence-corrected chi connectivity index (χ1v) is 8.19. The van der Waals surface area contributed by atoms with E-state index in [1.165, 1.54) is 36.0 Å². The van der Waals surface area contributed by atoms with Crippen molar-refractivity contribution in [2.45, 2.75) is 38.6 Å². The molecule has 0 fully saturated rings. The Hall–Kier alpha value is -1.55. The molecule has 3 nitrogen and oxygen atoms in total. The maximum Gasteiger partial charge on any atom is 0.268 e. The summed E-state index contributed by atoms with van der Waals surface area (Å²) in [4.78, 5) is 15.1. The Morgan fingerprint density at radius 1 is 1.24 bits per heavy atom. The van der Waals surface area contributed by atoms with Gasteiger partial charge in [0, 0.05) is 10.7 Å². The standard InChI is InChI=1S/C17H19BrN2O/c1-11(20-17(21)16-9-15(18)10-19-16)13-7-6-12-4-2-3-5-14(12)8-13/h6-11,19H,2-5H2,1H3,(H,20,21). The van der Waals surface area contributed by atoms with Gasteiger partial charge in [-0.15, -0.1) is 0 Å². The molecule has 1 heterocycles. The molecule has 0 bridgehead atoms. The number of hydrogen-bond acceptors (Lipinski definition) is 1. The minimum Gasteiger partial charge on any atom is -0.356 e. The third-order valence-electron chi connectivity index (χ3n) is 4.11. The third kappa shape index (κ3) is 3.21. The van der Waals surface area contributed by atoms with Gasteiger partial charge in [-0.2, -0.15) is 0 Å². The molecule has 1 atom stereocenters. The third-order valence-corrected chi connectivity index (χ3v) is 4.57. The molecule has 3 rings (SSSR count). The Morgan fingerprint density at radius 2 is 2.00 bits per heavy atom. The van der Waals surface area contributed by atoms with Gasteiger partial charge in [0.05, 0.1) is 6.04 Å². The number of nitrogens with one attached hydrogen (secondary N) is 2. The molecule has 1 aromatic carbocycles. The lowest BCUT2D eigenvalue weighted by Crippen LogP contribution is -2.27. The first-order chi connectivity index (χ1) is 10.1. The van der Waals surface area contributed by atoms with Crippen LogP contribution in [0.1, 0.15) is 53.0 Å². The van der Waals surface area contributed by atoms with Crippen LogP contribution in [0.3, 0.4) is 0 Å². The molecule has 1 amide bonds. The maximum absolute atomic E-state index is 12.2. The van der Waals surface area contributed by atoms with Crippen LogP contribution in [0.4, 0.5) is 0 Å². The number of benzene rings is 1. The van der Waals surface area contributed by atoms with Crippen LogP contribution in [0.15, 0.2) is 34.9 Å². The topological polar surface area (TPSA) is 44.9 Å². The molecule has 2 aromatic rings. The van der Waals surface area contributed by atoms with E-state index in [0.29, 0.717) is 5.69 Å². The highest BCUT2D eigenvalue weighted by Gasteiger charge is 2.15. The van der Waals surface area contributed by atoms with E-state index in [4.69, 9.17) is 0 Å². The molecule has 1 aromatic heterocycles. The second-order valence-electron chi connectivity index (χ2n) is 5.66. The Morgan fingerprint density at radius 3 is 2.71 bits per heavy atom. The largest absolute Gasteiger partial charge is 0.356 e. The summed E-state index contributed by atoms with van der Waals surface area (Å²) in [5, 5.41) is 3.04. The van der Waals surface area contributed by atoms with E-state index in [1.807, 2.05) is 6.92 Å². The SMILES string of the molecule is CC(NC(=O)c1cc(Br)c[nH]1)c1ccc2c(c1)CCCC2. The van der Waals surface area contributed by atoms with Crippen molar-refractivity contribution in [3.63, 3.8) is 0 Å². The first kappa shape index (κ1) is 14.4. The Bertz CT molecular complexity index is 663. The average Bonchev–Trinajstić information content (AvgIpc) is 2.93. The number of carbonyl (C=O) groups is 1. The van der Waals surface area contributed by atoms with E-state index < -0.39 is 0 Å². The summed E-state index contributed by atoms with van der Waals surface area (Å²) in [6.45, 7) is 2.03. The van der Waals surface area contributed by atoms with Gasteiger partial charge in [-0.25, -0.2) is 0 Å². The summed E-state index contributed by atoms with van der Waals surface area (Å²) in [6, 6.07) is 8.41. The molecule has 0 radical (unpaired) electrons. The number of aromatic amines is 1. The van der Waals surface area contributed by atoms with E-state index in [9.17, 15) is 4.79 Å². The number of halogens is 1. The summed E-state index contributed by atoms with van der Waals surface area (Å²) >= 11 is 3.34. The maximum atomic E-state index is 12.2. The van der Waals surface area contributed by atoms with Gasteiger partial charge >= 0.3 is 0 Å². The van der Waals surface area contributed by atoms with Crippen LogP contribution in [0, 0.1) is 0 Å². The number of aryl methyl sites for hydroxylation is 2. The molecule has 110 valence electrons. The van der Waals surface area contributed by atoms with Crippen molar-refractivity contribution in [3.8, 4) is 0 Å². The van der Waals surface area contributed by atoms with Crippen molar-refractivity contribution in [1.29, 1.82) is 0 Å². The van der Waals surface area contributed by atoms with Gasteiger partial charge in [-0.1, -0.05) is 18.2 Å². The number of rotatable bonds is 3. The minimum absolute atomic E-state index is 0.00630. The second kappa shape index (κ2) is 6.06. The fourth-order valence-corrected chi connectivity index (χ4v) is 3.22. The van der Waals surface area contributed by atoms with Crippen LogP contribution >= 0.6 is 15.9 Å². The molecule has 0 saturated carbocycles. The smallest absolute Gasteiger partial charge is 0.268 e. The van der Waals surface area contributed by atoms with Crippen LogP contribution in [0.5, 0.6) is 0 Å². The van der Waals surface area contributed by atoms with Crippen molar-refractivity contribution in [3.05, 3.63) is 57.3 Å². The second-order valence-corrected chi connectivity index (χ2v) is 6.58. The zero-order valence-corrected chi connectivity index (χ0v) is 13.7. The van der Waals surface area contributed by atoms with E-state index in [-0.39, 0.29) is 11.9 Å². The molecular formula is C17H19BrN2O. The van der Waals surface area contributed by atoms with E-state index in [0.717, 1.165) is 10.9 Å². The Kier molecular flexibility index (Phi) is 4.15. The Labute approximate surface area is 133 Å². The molecule has 0 spiro atoms. The van der Waals surface area contributed by atoms with Gasteiger partial charge in [-0.3, -0.25) is 4.79 Å². The molecule has 1 aliphatic rings. The molecule has 21 heavy (non-hydrogen) atoms. The molecule has 0 aliphatic heterocycles. The minimum atomic E-state index is -0.0779. The van der Waals surface area contributed by atoms with Crippen molar-refractivity contribution < 1.29 is 4.79 Å². The molecule has 1 aliphatic carbocycles. The van der Waals surface area contributed by atoms with Gasteiger partial charge in [-0.05, 0) is 71.3 Å². The highest BCUT2D eigenvalue weighted by Crippen LogP contribution is 2.25. The molecular weight excluding hydrogens is 328 g/mol. The highest BCUT2D eigenvalue weighted by molar-refractivity contribution is 9.10. The number of H-pyrrole nitrogens is 1. The van der Waals surface area contributed by atoms with Gasteiger partial charge in [0.25, 0.3) is 5.91 Å². The van der Waals surface area contributed by atoms with Crippen LogP contribution in [-0.4, -0.2) is 10.9 Å². The molecule has 0 saturated heterocycles. The van der Waals surface area contributed by atoms with Crippen molar-refractivity contribution in [1.82, 2.24) is 10.3 Å². The van der Waals surface area contributed by atoms with Gasteiger partial charge in [0.1, 0.15) is 5.69 Å². The summed E-state index contributed by atoms with van der Waals surface area (Å²) in [5.41, 5.74) is 4.67. The van der Waals surface area contributed by atoms with Crippen LogP contribution in [0.2, 0.25) is 0 Å². The number of carbonyl (C=O) groups excluding carboxylic acids is 1. The fraction of sp³-hybridized carbons (Fsp3) is 0.353. The molecule has 1 unspecified atom stereocenters. The van der Waals surface area contributed by atoms with Gasteiger partial charge in [0.15, 0.2) is 0 Å². The van der Waals surface area contributed by atoms with Crippen molar-refractivity contribution in [2.24, 2.45) is 0 Å². The number of hydrogen-bond donors (Lipinski definition) is 2. The lowest BCUT2D eigenvalue weighted by molar-refractivity contribution is 0.0935. The average molecular weight is 347 g/mol. The molecule has 2 N–H and O–H groups in total. The van der Waals surface area contributed by atoms with Crippen LogP contribution in [-0.2, 0) is 12.8 Å². The van der Waals surface area contributed by atoms with Crippen molar-refractivity contribution >= 4 is 21.8 Å². The predicted octanol–water partition coefficient (Wildman–Crippen LogP) is 4.15. The summed E-state index contributed by atoms with van der Waals surface area (Å²) in [6.07, 6.45) is 6.67. The fourth-order valence-electron chi connectivity index (χ4n) is 2.88. The summed E-state index contributed by atoms with van der Waals surface area (Å²) < 4.78 is 0.883. The predicted molar refractivity (Wildman–Crippen MR) is 87.5 cm³/mol. The number of amides is 1. The zero-order valence-electron chi connectivity index (χ0n) is 12.1. The van der Waals surface area contributed by atoms with E-state index >= 15 is 0 Å². The van der Waals surface area contributed by atoms with Crippen LogP contribution in [0.25, 0.3) is 0 Å². The monoisotopic (exact) mass is 346 g/mol. The van der Waals surface area contributed by atoms with Crippen LogP contribution < -0.4 is 5.32 Å². The normalized spacial score (nSPS) is 15.3. The summed E-state index contributed by atoms with van der Waals surface area (Å²) in [5.74, 6) is -0.0779. The number of fused-ring (bicyclic) bond motifs is 1. The lowest BCUT2D eigenvalue weighted by Gasteiger charge is -2.20. The van der Waals surface area contributed by atoms with Crippen molar-refractivity contribution in [2.75, 3.05) is 0 Å². The quantitative estimate of drug-likeness (QED) is 0.861. The Balaban J connectivity index is 1.73. The lowest BCUT2D eigenvalue weighted by atomic mass is 9.89. The first-order valence-electron chi connectivity index (χ1n) is 7.40. The van der Waals surface area contributed by atoms with Gasteiger partial charge < -0.3 is 10.3 Å². The van der Waals surface area contributed by atoms with E-state index in [2.05, 4.69) is 44.4 Å². The highest BCUT2D eigenvalue weighted by atomic mass is 79.9. The summed E-state index contributed by atoms with van der Waals surface area (Å²) in [7, 11) is 0. The molecule has 4 heteroatoms. The van der Waals surface area contributed by atoms with E-state index in [1.54, 1.807) is 12.3 Å².